The van der Waals surface area contributed by atoms with Crippen LogP contribution in [0.4, 0.5) is 11.4 Å². The highest BCUT2D eigenvalue weighted by molar-refractivity contribution is 6.10. The molecule has 0 saturated heterocycles. The number of hydrogen-bond acceptors (Lipinski definition) is 12. The van der Waals surface area contributed by atoms with Crippen molar-refractivity contribution in [3.8, 4) is 11.1 Å². The molecule has 34 heavy (non-hydrogen) atoms. The van der Waals surface area contributed by atoms with Crippen molar-refractivity contribution >= 4 is 35.3 Å². The SMILES string of the molecule is COC(=O)c1cc(C(=O)OC)c(-c2c(C(=O)OC)cc(C(=O)OC)cc2[N+](=O)[O-])c([N+](=O)[O-])c1. The number of benzene rings is 2. The molecule has 14 nitrogen and oxygen atoms in total. The Morgan fingerprint density at radius 2 is 0.882 bits per heavy atom. The van der Waals surface area contributed by atoms with Crippen LogP contribution in [0.1, 0.15) is 41.4 Å². The summed E-state index contributed by atoms with van der Waals surface area (Å²) in [6, 6.07) is 3.15. The van der Waals surface area contributed by atoms with Crippen LogP contribution >= 0.6 is 0 Å². The molecular weight excluding hydrogens is 460 g/mol. The van der Waals surface area contributed by atoms with Gasteiger partial charge in [-0.25, -0.2) is 19.2 Å². The molecule has 0 aliphatic rings. The van der Waals surface area contributed by atoms with Crippen molar-refractivity contribution in [1.29, 1.82) is 0 Å². The fraction of sp³-hybridized carbons (Fsp3) is 0.200. The minimum absolute atomic E-state index is 0.438. The van der Waals surface area contributed by atoms with Gasteiger partial charge in [-0.2, -0.15) is 0 Å². The molecule has 0 N–H and O–H groups in total. The molecule has 178 valence electrons. The third-order valence-corrected chi connectivity index (χ3v) is 4.53. The van der Waals surface area contributed by atoms with Crippen molar-refractivity contribution in [1.82, 2.24) is 0 Å². The molecule has 0 aliphatic carbocycles. The van der Waals surface area contributed by atoms with E-state index in [1.54, 1.807) is 0 Å². The number of nitro benzene ring substituents is 2. The van der Waals surface area contributed by atoms with Crippen LogP contribution in [0.3, 0.4) is 0 Å². The van der Waals surface area contributed by atoms with Gasteiger partial charge in [-0.1, -0.05) is 0 Å². The number of hydrogen-bond donors (Lipinski definition) is 0. The summed E-state index contributed by atoms with van der Waals surface area (Å²) in [5.74, 6) is -4.54. The number of esters is 4. The van der Waals surface area contributed by atoms with Gasteiger partial charge in [0.25, 0.3) is 11.4 Å². The topological polar surface area (TPSA) is 191 Å². The van der Waals surface area contributed by atoms with Gasteiger partial charge in [0, 0.05) is 12.1 Å². The summed E-state index contributed by atoms with van der Waals surface area (Å²) in [5, 5.41) is 23.8. The van der Waals surface area contributed by atoms with E-state index in [1.807, 2.05) is 0 Å². The van der Waals surface area contributed by atoms with Gasteiger partial charge in [0.15, 0.2) is 0 Å². The zero-order chi connectivity index (χ0) is 25.7. The van der Waals surface area contributed by atoms with Crippen LogP contribution in [-0.4, -0.2) is 62.2 Å². The van der Waals surface area contributed by atoms with Crippen molar-refractivity contribution in [3.63, 3.8) is 0 Å². The Labute approximate surface area is 190 Å². The van der Waals surface area contributed by atoms with Crippen molar-refractivity contribution in [3.05, 3.63) is 66.7 Å². The fourth-order valence-electron chi connectivity index (χ4n) is 3.08. The van der Waals surface area contributed by atoms with E-state index < -0.39 is 78.5 Å². The van der Waals surface area contributed by atoms with E-state index in [9.17, 15) is 39.4 Å². The van der Waals surface area contributed by atoms with Crippen LogP contribution in [0.15, 0.2) is 24.3 Å². The molecule has 2 aromatic rings. The number of nitro groups is 2. The maximum atomic E-state index is 12.5. The third kappa shape index (κ3) is 4.64. The molecule has 0 bridgehead atoms. The van der Waals surface area contributed by atoms with Crippen molar-refractivity contribution in [2.45, 2.75) is 0 Å². The van der Waals surface area contributed by atoms with Gasteiger partial charge in [0.2, 0.25) is 0 Å². The van der Waals surface area contributed by atoms with E-state index in [0.29, 0.717) is 12.1 Å². The van der Waals surface area contributed by atoms with E-state index in [2.05, 4.69) is 18.9 Å². The maximum absolute atomic E-state index is 12.5. The summed E-state index contributed by atoms with van der Waals surface area (Å²) in [4.78, 5) is 70.9. The van der Waals surface area contributed by atoms with Gasteiger partial charge in [-0.05, 0) is 12.1 Å². The van der Waals surface area contributed by atoms with E-state index in [4.69, 9.17) is 0 Å². The second-order valence-corrected chi connectivity index (χ2v) is 6.32. The van der Waals surface area contributed by atoms with E-state index >= 15 is 0 Å². The van der Waals surface area contributed by atoms with Gasteiger partial charge >= 0.3 is 23.9 Å². The average Bonchev–Trinajstić information content (AvgIpc) is 2.84. The number of nitrogens with zero attached hydrogens (tertiary/aromatic N) is 2. The van der Waals surface area contributed by atoms with Gasteiger partial charge in [0.05, 0.1) is 71.7 Å². The van der Waals surface area contributed by atoms with E-state index in [-0.39, 0.29) is 0 Å². The number of rotatable bonds is 7. The van der Waals surface area contributed by atoms with E-state index in [1.165, 1.54) is 0 Å². The van der Waals surface area contributed by atoms with Crippen molar-refractivity contribution in [2.75, 3.05) is 28.4 Å². The third-order valence-electron chi connectivity index (χ3n) is 4.53. The molecule has 0 aromatic heterocycles. The molecule has 14 heteroatoms. The normalized spacial score (nSPS) is 10.1. The molecule has 0 heterocycles. The lowest BCUT2D eigenvalue weighted by atomic mass is 9.89. The Morgan fingerprint density at radius 1 is 0.588 bits per heavy atom. The number of ether oxygens (including phenoxy) is 4. The lowest BCUT2D eigenvalue weighted by Gasteiger charge is -2.15. The molecular formula is C20H16N2O12. The van der Waals surface area contributed by atoms with E-state index in [0.717, 1.165) is 40.6 Å². The van der Waals surface area contributed by atoms with Crippen LogP contribution in [0.5, 0.6) is 0 Å². The second kappa shape index (κ2) is 10.2. The standard InChI is InChI=1S/C20H16N2O12/c1-31-17(23)9-5-11(19(25)33-3)15(13(7-9)21(27)28)16-12(20(26)34-4)6-10(18(24)32-2)8-14(16)22(29)30/h5-8H,1-4H3. The molecule has 2 rings (SSSR count). The molecule has 0 amide bonds. The average molecular weight is 476 g/mol. The first-order valence-corrected chi connectivity index (χ1v) is 9.00. The summed E-state index contributed by atoms with van der Waals surface area (Å²) in [6.45, 7) is 0. The summed E-state index contributed by atoms with van der Waals surface area (Å²) < 4.78 is 18.3. The zero-order valence-corrected chi connectivity index (χ0v) is 18.1. The Kier molecular flexibility index (Phi) is 7.58. The van der Waals surface area contributed by atoms with Crippen LogP contribution in [-0.2, 0) is 18.9 Å². The Hall–Kier alpha value is -4.88. The quantitative estimate of drug-likeness (QED) is 0.245. The van der Waals surface area contributed by atoms with Gasteiger partial charge in [0.1, 0.15) is 0 Å². The highest BCUT2D eigenvalue weighted by Gasteiger charge is 2.36. The summed E-state index contributed by atoms with van der Waals surface area (Å²) >= 11 is 0. The predicted octanol–water partition coefficient (Wildman–Crippen LogP) is 2.32. The molecule has 0 radical (unpaired) electrons. The minimum atomic E-state index is -1.22. The molecule has 0 aliphatic heterocycles. The molecule has 0 atom stereocenters. The van der Waals surface area contributed by atoms with Crippen LogP contribution in [0, 0.1) is 20.2 Å². The number of methoxy groups -OCH3 is 4. The van der Waals surface area contributed by atoms with Crippen LogP contribution < -0.4 is 0 Å². The minimum Gasteiger partial charge on any atom is -0.465 e. The summed E-state index contributed by atoms with van der Waals surface area (Å²) in [7, 11) is 3.84. The number of carbonyl (C=O) groups is 4. The van der Waals surface area contributed by atoms with Crippen LogP contribution in [0.25, 0.3) is 11.1 Å². The first kappa shape index (κ1) is 25.4. The van der Waals surface area contributed by atoms with Gasteiger partial charge in [-0.15, -0.1) is 0 Å². The smallest absolute Gasteiger partial charge is 0.338 e. The lowest BCUT2D eigenvalue weighted by molar-refractivity contribution is -0.386. The van der Waals surface area contributed by atoms with Crippen molar-refractivity contribution in [2.24, 2.45) is 0 Å². The van der Waals surface area contributed by atoms with Crippen molar-refractivity contribution < 1.29 is 48.0 Å². The highest BCUT2D eigenvalue weighted by atomic mass is 16.6. The highest BCUT2D eigenvalue weighted by Crippen LogP contribution is 2.43. The molecule has 0 fully saturated rings. The zero-order valence-electron chi connectivity index (χ0n) is 18.1. The first-order chi connectivity index (χ1) is 16.0. The lowest BCUT2D eigenvalue weighted by Crippen LogP contribution is -2.15. The maximum Gasteiger partial charge on any atom is 0.338 e. The van der Waals surface area contributed by atoms with Gasteiger partial charge in [-0.3, -0.25) is 20.2 Å². The first-order valence-electron chi connectivity index (χ1n) is 9.00. The predicted molar refractivity (Wildman–Crippen MR) is 111 cm³/mol. The molecule has 0 spiro atoms. The number of carbonyl (C=O) groups excluding carboxylic acids is 4. The monoisotopic (exact) mass is 476 g/mol. The molecule has 0 unspecified atom stereocenters. The Bertz CT molecular complexity index is 1140. The van der Waals surface area contributed by atoms with Crippen LogP contribution in [0.2, 0.25) is 0 Å². The fourth-order valence-corrected chi connectivity index (χ4v) is 3.08. The molecule has 0 saturated carbocycles. The van der Waals surface area contributed by atoms with Gasteiger partial charge < -0.3 is 18.9 Å². The Morgan fingerprint density at radius 3 is 1.12 bits per heavy atom. The summed E-state index contributed by atoms with van der Waals surface area (Å²) in [6.07, 6.45) is 0. The largest absolute Gasteiger partial charge is 0.465 e. The second-order valence-electron chi connectivity index (χ2n) is 6.32. The molecule has 2 aromatic carbocycles. The Balaban J connectivity index is 3.21. The summed E-state index contributed by atoms with van der Waals surface area (Å²) in [5.41, 5.74) is -5.53.